The van der Waals surface area contributed by atoms with Crippen molar-refractivity contribution in [2.75, 3.05) is 0 Å². The molecule has 10 aromatic rings. The summed E-state index contributed by atoms with van der Waals surface area (Å²) >= 11 is 1.86. The molecule has 0 bridgehead atoms. The SMILES string of the molecule is c1ccc(-c2cc(-c3ccccc3)cc(-c3ccc(-c4cc(-c5ccc6c(c5)C5(c7ccccc7S6)c6ccccc6-c6ccccc65)nc(-c5ccccc5)n4)cc3)c2)cc1. The quantitative estimate of drug-likeness (QED) is 0.167. The van der Waals surface area contributed by atoms with Gasteiger partial charge in [0.2, 0.25) is 0 Å². The van der Waals surface area contributed by atoms with E-state index in [2.05, 4.69) is 224 Å². The van der Waals surface area contributed by atoms with Crippen molar-refractivity contribution in [1.82, 2.24) is 9.97 Å². The van der Waals surface area contributed by atoms with Crippen LogP contribution in [0.1, 0.15) is 22.3 Å². The Morgan fingerprint density at radius 3 is 1.27 bits per heavy atom. The van der Waals surface area contributed by atoms with Crippen molar-refractivity contribution in [2.24, 2.45) is 0 Å². The van der Waals surface area contributed by atoms with Crippen LogP contribution in [0.5, 0.6) is 0 Å². The average molecular weight is 807 g/mol. The second kappa shape index (κ2) is 14.8. The van der Waals surface area contributed by atoms with Crippen molar-refractivity contribution in [3.63, 3.8) is 0 Å². The van der Waals surface area contributed by atoms with Crippen molar-refractivity contribution in [2.45, 2.75) is 15.2 Å². The van der Waals surface area contributed by atoms with E-state index in [0.717, 1.165) is 33.6 Å². The van der Waals surface area contributed by atoms with Crippen molar-refractivity contribution >= 4 is 11.8 Å². The molecule has 0 amide bonds. The van der Waals surface area contributed by atoms with Gasteiger partial charge in [0.15, 0.2) is 5.82 Å². The molecule has 1 aliphatic carbocycles. The number of fused-ring (bicyclic) bond motifs is 9. The number of nitrogens with zero attached hydrogens (tertiary/aromatic N) is 2. The van der Waals surface area contributed by atoms with E-state index in [4.69, 9.17) is 9.97 Å². The normalized spacial score (nSPS) is 12.9. The second-order valence-corrected chi connectivity index (χ2v) is 17.2. The van der Waals surface area contributed by atoms with Crippen LogP contribution in [-0.2, 0) is 5.41 Å². The third kappa shape index (κ3) is 5.96. The van der Waals surface area contributed by atoms with Crippen molar-refractivity contribution in [1.29, 1.82) is 0 Å². The molecule has 1 aliphatic heterocycles. The van der Waals surface area contributed by atoms with Gasteiger partial charge in [-0.3, -0.25) is 0 Å². The standard InChI is InChI=1S/C59H38N2S/c1-4-16-39(17-5-1)45-34-46(40-18-6-2-7-19-40)36-47(35-45)41-28-30-42(31-29-41)54-38-55(61-58(60-54)43-20-8-3-9-21-43)44-32-33-57-53(37-44)59(52-26-14-15-27-56(52)62-57)50-24-12-10-22-48(50)49-23-11-13-25-51(49)59/h1-38H. The van der Waals surface area contributed by atoms with Gasteiger partial charge in [0, 0.05) is 26.5 Å². The Bertz CT molecular complexity index is 3200. The molecular formula is C59H38N2S. The fraction of sp³-hybridized carbons (Fsp3) is 0.0169. The second-order valence-electron chi connectivity index (χ2n) is 16.1. The molecule has 0 N–H and O–H groups in total. The van der Waals surface area contributed by atoms with Crippen molar-refractivity contribution < 1.29 is 0 Å². The number of benzene rings is 9. The van der Waals surface area contributed by atoms with Crippen LogP contribution in [0.3, 0.4) is 0 Å². The molecule has 0 atom stereocenters. The van der Waals surface area contributed by atoms with E-state index in [1.54, 1.807) is 0 Å². The Hall–Kier alpha value is -7.59. The molecular weight excluding hydrogens is 769 g/mol. The molecule has 12 rings (SSSR count). The molecule has 0 radical (unpaired) electrons. The van der Waals surface area contributed by atoms with E-state index in [9.17, 15) is 0 Å². The average Bonchev–Trinajstić information content (AvgIpc) is 3.65. The summed E-state index contributed by atoms with van der Waals surface area (Å²) in [5.74, 6) is 0.703. The van der Waals surface area contributed by atoms with Gasteiger partial charge in [-0.15, -0.1) is 0 Å². The zero-order chi connectivity index (χ0) is 41.0. The van der Waals surface area contributed by atoms with E-state index in [1.807, 2.05) is 17.8 Å². The van der Waals surface area contributed by atoms with Gasteiger partial charge < -0.3 is 0 Å². The third-order valence-electron chi connectivity index (χ3n) is 12.6. The van der Waals surface area contributed by atoms with Crippen molar-refractivity contribution in [3.05, 3.63) is 253 Å². The summed E-state index contributed by atoms with van der Waals surface area (Å²) in [6.45, 7) is 0. The van der Waals surface area contributed by atoms with E-state index >= 15 is 0 Å². The largest absolute Gasteiger partial charge is 0.228 e. The Morgan fingerprint density at radius 1 is 0.274 bits per heavy atom. The summed E-state index contributed by atoms with van der Waals surface area (Å²) < 4.78 is 0. The number of hydrogen-bond acceptors (Lipinski definition) is 3. The number of rotatable bonds is 6. The van der Waals surface area contributed by atoms with Gasteiger partial charge in [-0.05, 0) is 109 Å². The molecule has 2 aliphatic rings. The van der Waals surface area contributed by atoms with E-state index in [0.29, 0.717) is 5.82 Å². The summed E-state index contributed by atoms with van der Waals surface area (Å²) in [6, 6.07) is 83.4. The first kappa shape index (κ1) is 36.3. The summed E-state index contributed by atoms with van der Waals surface area (Å²) in [6.07, 6.45) is 0. The summed E-state index contributed by atoms with van der Waals surface area (Å²) in [5, 5.41) is 0. The fourth-order valence-corrected chi connectivity index (χ4v) is 10.9. The van der Waals surface area contributed by atoms with Crippen LogP contribution in [0.25, 0.3) is 78.4 Å². The molecule has 0 saturated carbocycles. The minimum absolute atomic E-state index is 0.466. The number of hydrogen-bond donors (Lipinski definition) is 0. The molecule has 0 fully saturated rings. The minimum Gasteiger partial charge on any atom is -0.228 e. The lowest BCUT2D eigenvalue weighted by Crippen LogP contribution is -2.32. The first-order chi connectivity index (χ1) is 30.7. The lowest BCUT2D eigenvalue weighted by molar-refractivity contribution is 0.722. The minimum atomic E-state index is -0.466. The number of aromatic nitrogens is 2. The van der Waals surface area contributed by atoms with Crippen molar-refractivity contribution in [3.8, 4) is 78.4 Å². The van der Waals surface area contributed by atoms with Gasteiger partial charge in [0.05, 0.1) is 16.8 Å². The van der Waals surface area contributed by atoms with Gasteiger partial charge in [-0.1, -0.05) is 200 Å². The fourth-order valence-electron chi connectivity index (χ4n) is 9.70. The van der Waals surface area contributed by atoms with Crippen LogP contribution >= 0.6 is 11.8 Å². The molecule has 0 unspecified atom stereocenters. The molecule has 2 nitrogen and oxygen atoms in total. The van der Waals surface area contributed by atoms with E-state index < -0.39 is 5.41 Å². The maximum absolute atomic E-state index is 5.32. The van der Waals surface area contributed by atoms with Crippen LogP contribution in [0.15, 0.2) is 240 Å². The molecule has 62 heavy (non-hydrogen) atoms. The third-order valence-corrected chi connectivity index (χ3v) is 13.7. The Labute approximate surface area is 366 Å². The molecule has 290 valence electrons. The first-order valence-corrected chi connectivity index (χ1v) is 22.0. The highest BCUT2D eigenvalue weighted by Gasteiger charge is 2.50. The topological polar surface area (TPSA) is 25.8 Å². The van der Waals surface area contributed by atoms with Crippen LogP contribution in [0, 0.1) is 0 Å². The predicted molar refractivity (Wildman–Crippen MR) is 256 cm³/mol. The van der Waals surface area contributed by atoms with Crippen LogP contribution < -0.4 is 0 Å². The van der Waals surface area contributed by atoms with Crippen LogP contribution in [-0.4, -0.2) is 9.97 Å². The van der Waals surface area contributed by atoms with Gasteiger partial charge in [-0.2, -0.15) is 0 Å². The van der Waals surface area contributed by atoms with Crippen LogP contribution in [0.4, 0.5) is 0 Å². The molecule has 1 spiro atoms. The lowest BCUT2D eigenvalue weighted by atomic mass is 9.67. The van der Waals surface area contributed by atoms with Gasteiger partial charge in [0.1, 0.15) is 0 Å². The van der Waals surface area contributed by atoms with E-state index in [-0.39, 0.29) is 0 Å². The predicted octanol–water partition coefficient (Wildman–Crippen LogP) is 15.3. The highest BCUT2D eigenvalue weighted by atomic mass is 32.2. The zero-order valence-corrected chi connectivity index (χ0v) is 34.6. The van der Waals surface area contributed by atoms with Gasteiger partial charge >= 0.3 is 0 Å². The Balaban J connectivity index is 1.000. The van der Waals surface area contributed by atoms with Gasteiger partial charge in [0.25, 0.3) is 0 Å². The molecule has 0 saturated heterocycles. The molecule has 1 aromatic heterocycles. The zero-order valence-electron chi connectivity index (χ0n) is 33.7. The smallest absolute Gasteiger partial charge is 0.160 e. The lowest BCUT2D eigenvalue weighted by Gasteiger charge is -2.39. The van der Waals surface area contributed by atoms with E-state index in [1.165, 1.54) is 71.0 Å². The highest BCUT2D eigenvalue weighted by Crippen LogP contribution is 2.62. The molecule has 9 aromatic carbocycles. The highest BCUT2D eigenvalue weighted by molar-refractivity contribution is 7.99. The van der Waals surface area contributed by atoms with Crippen LogP contribution in [0.2, 0.25) is 0 Å². The summed E-state index contributed by atoms with van der Waals surface area (Å²) in [4.78, 5) is 13.1. The molecule has 2 heterocycles. The Kier molecular flexibility index (Phi) is 8.69. The maximum atomic E-state index is 5.32. The first-order valence-electron chi connectivity index (χ1n) is 21.1. The molecule has 3 heteroatoms. The monoisotopic (exact) mass is 806 g/mol. The van der Waals surface area contributed by atoms with Gasteiger partial charge in [-0.25, -0.2) is 9.97 Å². The maximum Gasteiger partial charge on any atom is 0.160 e. The Morgan fingerprint density at radius 2 is 0.694 bits per heavy atom. The summed E-state index contributed by atoms with van der Waals surface area (Å²) in [5.41, 5.74) is 19.3. The summed E-state index contributed by atoms with van der Waals surface area (Å²) in [7, 11) is 0.